The largest absolute Gasteiger partial charge is 0.508 e. The smallest absolute Gasteiger partial charge is 0.307 e. The molecule has 0 fully saturated rings. The van der Waals surface area contributed by atoms with E-state index in [1.807, 2.05) is 6.07 Å². The van der Waals surface area contributed by atoms with Crippen molar-refractivity contribution in [2.75, 3.05) is 6.54 Å². The van der Waals surface area contributed by atoms with Gasteiger partial charge in [-0.15, -0.1) is 0 Å². The van der Waals surface area contributed by atoms with Gasteiger partial charge in [-0.05, 0) is 123 Å². The SMILES string of the molecule is CCCCCc1cc([C@@H]2Cc3cccc(c3)C[C@@H](C(=O)O)C/C=C/C[C@@H]2CCCCCC[C@@H]2C=C(CCN)CC2)ccc1O. The number of unbranched alkanes of at least 4 members (excludes halogenated alkanes) is 5. The van der Waals surface area contributed by atoms with Crippen molar-refractivity contribution in [3.05, 3.63) is 88.5 Å². The summed E-state index contributed by atoms with van der Waals surface area (Å²) < 4.78 is 0. The highest BCUT2D eigenvalue weighted by atomic mass is 16.4. The first kappa shape index (κ1) is 34.0. The minimum absolute atomic E-state index is 0.347. The van der Waals surface area contributed by atoms with Gasteiger partial charge in [0.05, 0.1) is 5.92 Å². The van der Waals surface area contributed by atoms with Gasteiger partial charge in [0.25, 0.3) is 0 Å². The van der Waals surface area contributed by atoms with Gasteiger partial charge < -0.3 is 15.9 Å². The topological polar surface area (TPSA) is 83.5 Å². The Balaban J connectivity index is 1.49. The summed E-state index contributed by atoms with van der Waals surface area (Å²) in [6, 6.07) is 15.0. The molecule has 4 nitrogen and oxygen atoms in total. The average molecular weight is 600 g/mol. The molecule has 2 aliphatic rings. The third-order valence-electron chi connectivity index (χ3n) is 10.1. The van der Waals surface area contributed by atoms with Crippen LogP contribution in [0.4, 0.5) is 0 Å². The fourth-order valence-electron chi connectivity index (χ4n) is 7.53. The van der Waals surface area contributed by atoms with Crippen LogP contribution in [0, 0.1) is 17.8 Å². The number of aromatic hydroxyl groups is 1. The van der Waals surface area contributed by atoms with E-state index in [2.05, 4.69) is 61.5 Å². The molecule has 2 aromatic rings. The van der Waals surface area contributed by atoms with Crippen molar-refractivity contribution in [2.24, 2.45) is 23.5 Å². The van der Waals surface area contributed by atoms with E-state index in [1.165, 1.54) is 68.9 Å². The number of carboxylic acids is 1. The van der Waals surface area contributed by atoms with E-state index in [0.717, 1.165) is 62.1 Å². The van der Waals surface area contributed by atoms with Gasteiger partial charge in [-0.2, -0.15) is 0 Å². The fourth-order valence-corrected chi connectivity index (χ4v) is 7.53. The first-order chi connectivity index (χ1) is 21.5. The molecule has 4 N–H and O–H groups in total. The van der Waals surface area contributed by atoms with E-state index in [-0.39, 0.29) is 5.92 Å². The zero-order chi connectivity index (χ0) is 31.1. The number of rotatable bonds is 15. The van der Waals surface area contributed by atoms with Crippen molar-refractivity contribution in [1.29, 1.82) is 0 Å². The average Bonchev–Trinajstić information content (AvgIpc) is 3.46. The second-order valence-electron chi connectivity index (χ2n) is 13.6. The second-order valence-corrected chi connectivity index (χ2v) is 13.6. The van der Waals surface area contributed by atoms with Crippen LogP contribution < -0.4 is 5.73 Å². The Morgan fingerprint density at radius 3 is 2.43 bits per heavy atom. The lowest BCUT2D eigenvalue weighted by atomic mass is 9.76. The zero-order valence-corrected chi connectivity index (χ0v) is 27.2. The summed E-state index contributed by atoms with van der Waals surface area (Å²) >= 11 is 0. The predicted molar refractivity (Wildman–Crippen MR) is 183 cm³/mol. The Morgan fingerprint density at radius 2 is 1.66 bits per heavy atom. The molecule has 0 heterocycles. The molecule has 4 atom stereocenters. The lowest BCUT2D eigenvalue weighted by Gasteiger charge is -2.29. The molecule has 4 rings (SSSR count). The minimum Gasteiger partial charge on any atom is -0.508 e. The number of allylic oxidation sites excluding steroid dienone is 3. The van der Waals surface area contributed by atoms with Gasteiger partial charge in [0.15, 0.2) is 0 Å². The molecule has 2 bridgehead atoms. The van der Waals surface area contributed by atoms with Crippen LogP contribution in [-0.4, -0.2) is 22.7 Å². The van der Waals surface area contributed by atoms with Gasteiger partial charge in [-0.3, -0.25) is 4.79 Å². The lowest BCUT2D eigenvalue weighted by Crippen LogP contribution is -2.18. The summed E-state index contributed by atoms with van der Waals surface area (Å²) in [5.74, 6) is 0.878. The Morgan fingerprint density at radius 1 is 0.886 bits per heavy atom. The highest BCUT2D eigenvalue weighted by Gasteiger charge is 2.25. The summed E-state index contributed by atoms with van der Waals surface area (Å²) in [6.45, 7) is 2.99. The summed E-state index contributed by atoms with van der Waals surface area (Å²) in [6.07, 6.45) is 25.4. The van der Waals surface area contributed by atoms with Crippen LogP contribution in [0.3, 0.4) is 0 Å². The van der Waals surface area contributed by atoms with Crippen molar-refractivity contribution in [3.63, 3.8) is 0 Å². The monoisotopic (exact) mass is 599 g/mol. The molecule has 0 radical (unpaired) electrons. The molecule has 0 amide bonds. The van der Waals surface area contributed by atoms with Gasteiger partial charge in [-0.25, -0.2) is 0 Å². The van der Waals surface area contributed by atoms with Gasteiger partial charge in [0, 0.05) is 0 Å². The molecule has 0 aromatic heterocycles. The molecule has 0 saturated carbocycles. The fraction of sp³-hybridized carbons (Fsp3) is 0.575. The number of phenols is 1. The maximum absolute atomic E-state index is 12.0. The van der Waals surface area contributed by atoms with Gasteiger partial charge in [0.2, 0.25) is 0 Å². The molecule has 0 unspecified atom stereocenters. The van der Waals surface area contributed by atoms with Crippen molar-refractivity contribution in [2.45, 2.75) is 122 Å². The number of carbonyl (C=O) groups is 1. The molecule has 44 heavy (non-hydrogen) atoms. The number of nitrogens with two attached hydrogens (primary N) is 1. The van der Waals surface area contributed by atoms with Crippen LogP contribution in [0.25, 0.3) is 0 Å². The van der Waals surface area contributed by atoms with Crippen molar-refractivity contribution in [3.8, 4) is 5.75 Å². The van der Waals surface area contributed by atoms with Crippen LogP contribution in [0.2, 0.25) is 0 Å². The lowest BCUT2D eigenvalue weighted by molar-refractivity contribution is -0.141. The van der Waals surface area contributed by atoms with Crippen LogP contribution in [0.1, 0.15) is 125 Å². The predicted octanol–water partition coefficient (Wildman–Crippen LogP) is 9.69. The van der Waals surface area contributed by atoms with E-state index in [0.29, 0.717) is 30.4 Å². The summed E-state index contributed by atoms with van der Waals surface area (Å²) in [4.78, 5) is 12.0. The van der Waals surface area contributed by atoms with Gasteiger partial charge in [0.1, 0.15) is 5.75 Å². The number of benzene rings is 2. The molecule has 4 heteroatoms. The van der Waals surface area contributed by atoms with E-state index < -0.39 is 5.97 Å². The van der Waals surface area contributed by atoms with E-state index in [4.69, 9.17) is 5.73 Å². The van der Waals surface area contributed by atoms with Gasteiger partial charge in [-0.1, -0.05) is 106 Å². The van der Waals surface area contributed by atoms with E-state index in [1.54, 1.807) is 5.57 Å². The summed E-state index contributed by atoms with van der Waals surface area (Å²) in [5.41, 5.74) is 12.1. The Bertz CT molecular complexity index is 1230. The number of aliphatic carboxylic acids is 1. The molecular formula is C40H57NO3. The Labute approximate surface area is 266 Å². The van der Waals surface area contributed by atoms with E-state index >= 15 is 0 Å². The molecule has 2 aromatic carbocycles. The number of hydrogen-bond donors (Lipinski definition) is 3. The van der Waals surface area contributed by atoms with Crippen LogP contribution in [0.15, 0.2) is 66.3 Å². The minimum atomic E-state index is -0.713. The summed E-state index contributed by atoms with van der Waals surface area (Å²) in [5, 5.41) is 20.6. The Hall–Kier alpha value is -2.85. The molecule has 0 saturated heterocycles. The molecule has 0 aliphatic heterocycles. The maximum atomic E-state index is 12.0. The second kappa shape index (κ2) is 18.2. The number of hydrogen-bond acceptors (Lipinski definition) is 3. The molecule has 240 valence electrons. The van der Waals surface area contributed by atoms with Crippen molar-refractivity contribution in [1.82, 2.24) is 0 Å². The third-order valence-corrected chi connectivity index (χ3v) is 10.1. The number of carboxylic acid groups (broad SMARTS) is 1. The number of phenolic OH excluding ortho intramolecular Hbond substituents is 1. The first-order valence-corrected chi connectivity index (χ1v) is 17.6. The van der Waals surface area contributed by atoms with E-state index in [9.17, 15) is 15.0 Å². The van der Waals surface area contributed by atoms with Crippen LogP contribution >= 0.6 is 0 Å². The van der Waals surface area contributed by atoms with Crippen LogP contribution in [-0.2, 0) is 24.1 Å². The number of aryl methyl sites for hydroxylation is 1. The zero-order valence-electron chi connectivity index (χ0n) is 27.2. The molecule has 0 spiro atoms. The quantitative estimate of drug-likeness (QED) is 0.141. The van der Waals surface area contributed by atoms with Crippen LogP contribution in [0.5, 0.6) is 5.75 Å². The first-order valence-electron chi connectivity index (χ1n) is 17.6. The molecular weight excluding hydrogens is 542 g/mol. The van der Waals surface area contributed by atoms with Crippen molar-refractivity contribution >= 4 is 5.97 Å². The highest BCUT2D eigenvalue weighted by molar-refractivity contribution is 5.70. The van der Waals surface area contributed by atoms with Gasteiger partial charge >= 0.3 is 5.97 Å². The maximum Gasteiger partial charge on any atom is 0.307 e. The molecule has 2 aliphatic carbocycles. The standard InChI is InChI=1S/C40H57NO3/c1-2-3-6-17-36-29-35(21-22-39(36)42)38-28-33-14-11-13-32(26-33)27-37(40(43)44)18-10-9-16-34(38)15-8-5-4-7-12-30-19-20-31(25-30)23-24-41/h9-11,13-14,21-22,25-26,29-30,34,37-38,42H,2-8,12,15-20,23-24,27-28,41H2,1H3,(H,43,44)/b10-9+/t30-,34-,37-,38+/m0/s1. The third kappa shape index (κ3) is 10.6. The number of fused-ring (bicyclic) bond motifs is 2. The van der Waals surface area contributed by atoms with Crippen molar-refractivity contribution < 1.29 is 15.0 Å². The normalized spacial score (nSPS) is 23.0. The highest BCUT2D eigenvalue weighted by Crippen LogP contribution is 2.38. The Kier molecular flexibility index (Phi) is 14.1. The summed E-state index contributed by atoms with van der Waals surface area (Å²) in [7, 11) is 0.